The summed E-state index contributed by atoms with van der Waals surface area (Å²) in [4.78, 5) is 38.8. The largest absolute Gasteiger partial charge is 0.479 e. The molecule has 0 aliphatic carbocycles. The highest BCUT2D eigenvalue weighted by Gasteiger charge is 2.55. The second-order valence-electron chi connectivity index (χ2n) is 7.68. The van der Waals surface area contributed by atoms with E-state index in [1.807, 2.05) is 0 Å². The third kappa shape index (κ3) is 4.26. The summed E-state index contributed by atoms with van der Waals surface area (Å²) in [5.74, 6) is -1.50. The molecule has 0 spiro atoms. The summed E-state index contributed by atoms with van der Waals surface area (Å²) >= 11 is 3.31. The first-order valence-corrected chi connectivity index (χ1v) is 9.30. The molecule has 1 amide bonds. The van der Waals surface area contributed by atoms with E-state index in [1.165, 1.54) is 4.90 Å². The van der Waals surface area contributed by atoms with Gasteiger partial charge in [0.25, 0.3) is 0 Å². The summed E-state index contributed by atoms with van der Waals surface area (Å²) in [6, 6.07) is 6.41. The lowest BCUT2D eigenvalue weighted by molar-refractivity contribution is -0.150. The van der Waals surface area contributed by atoms with Crippen LogP contribution in [0.25, 0.3) is 0 Å². The molecule has 1 heterocycles. The van der Waals surface area contributed by atoms with Gasteiger partial charge in [-0.1, -0.05) is 28.1 Å². The quantitative estimate of drug-likeness (QED) is 0.728. The Morgan fingerprint density at radius 2 is 1.85 bits per heavy atom. The van der Waals surface area contributed by atoms with Crippen molar-refractivity contribution in [3.8, 4) is 0 Å². The zero-order chi connectivity index (χ0) is 19.7. The third-order valence-corrected chi connectivity index (χ3v) is 5.01. The average Bonchev–Trinajstić information content (AvgIpc) is 2.84. The number of carbonyl (C=O) groups is 3. The number of carboxylic acids is 1. The summed E-state index contributed by atoms with van der Waals surface area (Å²) < 4.78 is 6.23. The van der Waals surface area contributed by atoms with E-state index >= 15 is 0 Å². The first kappa shape index (κ1) is 20.4. The van der Waals surface area contributed by atoms with E-state index < -0.39 is 23.2 Å². The minimum atomic E-state index is -1.59. The summed E-state index contributed by atoms with van der Waals surface area (Å²) in [6.07, 6.45) is -0.272. The van der Waals surface area contributed by atoms with Gasteiger partial charge in [-0.3, -0.25) is 9.69 Å². The predicted molar refractivity (Wildman–Crippen MR) is 100 cm³/mol. The number of benzene rings is 1. The van der Waals surface area contributed by atoms with E-state index in [4.69, 9.17) is 4.74 Å². The van der Waals surface area contributed by atoms with Crippen LogP contribution in [-0.4, -0.2) is 45.0 Å². The van der Waals surface area contributed by atoms with Crippen molar-refractivity contribution in [1.82, 2.24) is 4.90 Å². The van der Waals surface area contributed by atoms with E-state index in [0.717, 1.165) is 4.47 Å². The van der Waals surface area contributed by atoms with E-state index in [0.29, 0.717) is 12.0 Å². The lowest BCUT2D eigenvalue weighted by Crippen LogP contribution is -2.57. The van der Waals surface area contributed by atoms with Gasteiger partial charge in [-0.2, -0.15) is 0 Å². The number of ether oxygens (including phenoxy) is 1. The molecule has 1 unspecified atom stereocenters. The van der Waals surface area contributed by atoms with Gasteiger partial charge in [-0.25, -0.2) is 9.59 Å². The Kier molecular flexibility index (Phi) is 5.80. The molecule has 1 aliphatic heterocycles. The molecule has 1 saturated heterocycles. The summed E-state index contributed by atoms with van der Waals surface area (Å²) in [6.45, 7) is 6.95. The molecule has 1 aromatic rings. The van der Waals surface area contributed by atoms with Gasteiger partial charge in [-0.15, -0.1) is 0 Å². The summed E-state index contributed by atoms with van der Waals surface area (Å²) in [5.41, 5.74) is -1.93. The second-order valence-corrected chi connectivity index (χ2v) is 8.60. The van der Waals surface area contributed by atoms with Crippen molar-refractivity contribution in [3.05, 3.63) is 34.3 Å². The molecule has 0 aromatic heterocycles. The SMILES string of the molecule is C[C@H]1CCC(CC(=O)c2ccc(Br)cc2)(C(=O)O)N1C(=O)OC(C)(C)C. The van der Waals surface area contributed by atoms with Crippen molar-refractivity contribution in [2.45, 2.75) is 64.1 Å². The molecule has 1 fully saturated rings. The Balaban J connectivity index is 2.34. The van der Waals surface area contributed by atoms with Crippen LogP contribution < -0.4 is 0 Å². The van der Waals surface area contributed by atoms with Crippen molar-refractivity contribution in [1.29, 1.82) is 0 Å². The normalized spacial score (nSPS) is 23.0. The Morgan fingerprint density at radius 3 is 2.35 bits per heavy atom. The van der Waals surface area contributed by atoms with Crippen molar-refractivity contribution in [2.75, 3.05) is 0 Å². The maximum atomic E-state index is 12.7. The van der Waals surface area contributed by atoms with Gasteiger partial charge in [0, 0.05) is 22.5 Å². The molecule has 2 atom stereocenters. The molecule has 6 nitrogen and oxygen atoms in total. The first-order chi connectivity index (χ1) is 12.0. The average molecular weight is 426 g/mol. The Hall–Kier alpha value is -1.89. The number of Topliss-reactive ketones (excluding diaryl/α,β-unsaturated/α-hetero) is 1. The van der Waals surface area contributed by atoms with Gasteiger partial charge in [0.15, 0.2) is 11.3 Å². The Morgan fingerprint density at radius 1 is 1.27 bits per heavy atom. The van der Waals surface area contributed by atoms with Crippen LogP contribution in [0.3, 0.4) is 0 Å². The lowest BCUT2D eigenvalue weighted by atomic mass is 9.88. The highest BCUT2D eigenvalue weighted by molar-refractivity contribution is 9.10. The van der Waals surface area contributed by atoms with Crippen molar-refractivity contribution in [2.24, 2.45) is 0 Å². The number of rotatable bonds is 4. The van der Waals surface area contributed by atoms with Crippen LogP contribution in [0, 0.1) is 0 Å². The van der Waals surface area contributed by atoms with Crippen LogP contribution in [-0.2, 0) is 9.53 Å². The van der Waals surface area contributed by atoms with E-state index in [2.05, 4.69) is 15.9 Å². The van der Waals surface area contributed by atoms with Gasteiger partial charge in [0.05, 0.1) is 0 Å². The molecule has 1 aromatic carbocycles. The highest BCUT2D eigenvalue weighted by Crippen LogP contribution is 2.39. The van der Waals surface area contributed by atoms with Crippen LogP contribution in [0.4, 0.5) is 4.79 Å². The topological polar surface area (TPSA) is 83.9 Å². The van der Waals surface area contributed by atoms with E-state index in [-0.39, 0.29) is 24.7 Å². The fraction of sp³-hybridized carbons (Fsp3) is 0.526. The molecule has 2 rings (SSSR count). The molecular weight excluding hydrogens is 402 g/mol. The highest BCUT2D eigenvalue weighted by atomic mass is 79.9. The molecule has 0 radical (unpaired) electrons. The molecule has 142 valence electrons. The zero-order valence-corrected chi connectivity index (χ0v) is 17.0. The standard InChI is InChI=1S/C19H24BrNO5/c1-12-9-10-19(16(23)24,21(12)17(25)26-18(2,3)4)11-15(22)13-5-7-14(20)8-6-13/h5-8,12H,9-11H2,1-4H3,(H,23,24)/t12-,19?/m0/s1. The van der Waals surface area contributed by atoms with Gasteiger partial charge >= 0.3 is 12.1 Å². The minimum absolute atomic E-state index is 0.213. The number of hydrogen-bond donors (Lipinski definition) is 1. The van der Waals surface area contributed by atoms with Gasteiger partial charge in [-0.05, 0) is 52.7 Å². The van der Waals surface area contributed by atoms with E-state index in [1.54, 1.807) is 52.0 Å². The van der Waals surface area contributed by atoms with E-state index in [9.17, 15) is 19.5 Å². The molecule has 26 heavy (non-hydrogen) atoms. The molecule has 1 aliphatic rings. The van der Waals surface area contributed by atoms with Gasteiger partial charge in [0.2, 0.25) is 0 Å². The van der Waals surface area contributed by atoms with Crippen LogP contribution in [0.1, 0.15) is 57.3 Å². The fourth-order valence-electron chi connectivity index (χ4n) is 3.25. The Labute approximate surface area is 161 Å². The smallest absolute Gasteiger partial charge is 0.411 e. The Bertz CT molecular complexity index is 710. The van der Waals surface area contributed by atoms with Crippen molar-refractivity contribution < 1.29 is 24.2 Å². The van der Waals surface area contributed by atoms with Crippen LogP contribution >= 0.6 is 15.9 Å². The maximum Gasteiger partial charge on any atom is 0.411 e. The van der Waals surface area contributed by atoms with Crippen molar-refractivity contribution in [3.63, 3.8) is 0 Å². The van der Waals surface area contributed by atoms with Crippen molar-refractivity contribution >= 4 is 33.8 Å². The number of nitrogens with zero attached hydrogens (tertiary/aromatic N) is 1. The molecule has 7 heteroatoms. The maximum absolute atomic E-state index is 12.7. The summed E-state index contributed by atoms with van der Waals surface area (Å²) in [7, 11) is 0. The second kappa shape index (κ2) is 7.39. The first-order valence-electron chi connectivity index (χ1n) is 8.51. The molecule has 0 saturated carbocycles. The number of likely N-dealkylation sites (tertiary alicyclic amines) is 1. The van der Waals surface area contributed by atoms with Gasteiger partial charge < -0.3 is 9.84 Å². The molecular formula is C19H24BrNO5. The number of carboxylic acid groups (broad SMARTS) is 1. The minimum Gasteiger partial charge on any atom is -0.479 e. The molecule has 1 N–H and O–H groups in total. The van der Waals surface area contributed by atoms with Crippen LogP contribution in [0.2, 0.25) is 0 Å². The number of ketones is 1. The number of amides is 1. The fourth-order valence-corrected chi connectivity index (χ4v) is 3.51. The summed E-state index contributed by atoms with van der Waals surface area (Å²) in [5, 5.41) is 9.93. The molecule has 0 bridgehead atoms. The van der Waals surface area contributed by atoms with Crippen LogP contribution in [0.5, 0.6) is 0 Å². The zero-order valence-electron chi connectivity index (χ0n) is 15.4. The predicted octanol–water partition coefficient (Wildman–Crippen LogP) is 4.26. The van der Waals surface area contributed by atoms with Crippen LogP contribution in [0.15, 0.2) is 28.7 Å². The number of halogens is 1. The van der Waals surface area contributed by atoms with Gasteiger partial charge in [0.1, 0.15) is 5.60 Å². The number of hydrogen-bond acceptors (Lipinski definition) is 4. The lowest BCUT2D eigenvalue weighted by Gasteiger charge is -2.37. The number of aliphatic carboxylic acids is 1. The number of carbonyl (C=O) groups excluding carboxylic acids is 2. The third-order valence-electron chi connectivity index (χ3n) is 4.49. The monoisotopic (exact) mass is 425 g/mol.